The van der Waals surface area contributed by atoms with Gasteiger partial charge in [0.15, 0.2) is 0 Å². The first-order valence-electron chi connectivity index (χ1n) is 8.81. The largest absolute Gasteiger partial charge is 0.336 e. The van der Waals surface area contributed by atoms with Gasteiger partial charge in [0.25, 0.3) is 5.91 Å². The first kappa shape index (κ1) is 18.6. The molecule has 0 unspecified atom stereocenters. The van der Waals surface area contributed by atoms with Crippen molar-refractivity contribution in [3.63, 3.8) is 0 Å². The molecule has 1 fully saturated rings. The first-order chi connectivity index (χ1) is 12.5. The van der Waals surface area contributed by atoms with Crippen molar-refractivity contribution in [2.75, 3.05) is 13.1 Å². The van der Waals surface area contributed by atoms with Crippen LogP contribution < -0.4 is 0 Å². The van der Waals surface area contributed by atoms with E-state index in [9.17, 15) is 14.0 Å². The van der Waals surface area contributed by atoms with Crippen molar-refractivity contribution in [3.8, 4) is 0 Å². The number of halogens is 1. The SMILES string of the molecule is CC(C)[C@H]1CN(C(=O)c2ccsc2)CCC(=O)N1Cc1ccc(F)cc1. The Labute approximate surface area is 157 Å². The summed E-state index contributed by atoms with van der Waals surface area (Å²) in [7, 11) is 0. The number of amides is 2. The molecule has 1 aliphatic rings. The molecular weight excluding hydrogens is 351 g/mol. The first-order valence-corrected chi connectivity index (χ1v) is 9.75. The van der Waals surface area contributed by atoms with Crippen molar-refractivity contribution >= 4 is 23.2 Å². The van der Waals surface area contributed by atoms with Crippen LogP contribution >= 0.6 is 11.3 Å². The Morgan fingerprint density at radius 3 is 2.62 bits per heavy atom. The van der Waals surface area contributed by atoms with Gasteiger partial charge in [-0.25, -0.2) is 4.39 Å². The highest BCUT2D eigenvalue weighted by Gasteiger charge is 2.33. The molecule has 3 rings (SSSR count). The van der Waals surface area contributed by atoms with E-state index in [1.165, 1.54) is 23.5 Å². The van der Waals surface area contributed by atoms with Gasteiger partial charge >= 0.3 is 0 Å². The summed E-state index contributed by atoms with van der Waals surface area (Å²) in [5, 5.41) is 3.73. The lowest BCUT2D eigenvalue weighted by Crippen LogP contribution is -2.47. The van der Waals surface area contributed by atoms with E-state index in [2.05, 4.69) is 13.8 Å². The van der Waals surface area contributed by atoms with Gasteiger partial charge in [0.1, 0.15) is 5.82 Å². The maximum atomic E-state index is 13.2. The number of nitrogens with zero attached hydrogens (tertiary/aromatic N) is 2. The second-order valence-corrected chi connectivity index (χ2v) is 7.75. The molecule has 0 saturated carbocycles. The smallest absolute Gasteiger partial charge is 0.254 e. The minimum atomic E-state index is -0.288. The van der Waals surface area contributed by atoms with Gasteiger partial charge in [0.2, 0.25) is 5.91 Å². The normalized spacial score (nSPS) is 18.3. The third-order valence-electron chi connectivity index (χ3n) is 4.81. The molecule has 0 aliphatic carbocycles. The summed E-state index contributed by atoms with van der Waals surface area (Å²) >= 11 is 1.49. The summed E-state index contributed by atoms with van der Waals surface area (Å²) in [6.45, 7) is 5.50. The zero-order valence-corrected chi connectivity index (χ0v) is 15.8. The number of hydrogen-bond acceptors (Lipinski definition) is 3. The molecule has 4 nitrogen and oxygen atoms in total. The topological polar surface area (TPSA) is 40.6 Å². The van der Waals surface area contributed by atoms with Crippen molar-refractivity contribution in [3.05, 3.63) is 58.0 Å². The molecule has 0 radical (unpaired) electrons. The van der Waals surface area contributed by atoms with Crippen LogP contribution in [0.3, 0.4) is 0 Å². The molecule has 1 aliphatic heterocycles. The van der Waals surface area contributed by atoms with Crippen molar-refractivity contribution < 1.29 is 14.0 Å². The highest BCUT2D eigenvalue weighted by Crippen LogP contribution is 2.22. The van der Waals surface area contributed by atoms with Gasteiger partial charge in [-0.05, 0) is 35.1 Å². The Morgan fingerprint density at radius 2 is 2.00 bits per heavy atom. The van der Waals surface area contributed by atoms with E-state index < -0.39 is 0 Å². The quantitative estimate of drug-likeness (QED) is 0.817. The number of thiophene rings is 1. The molecule has 1 aromatic carbocycles. The van der Waals surface area contributed by atoms with Crippen LogP contribution in [0.5, 0.6) is 0 Å². The molecule has 0 N–H and O–H groups in total. The zero-order chi connectivity index (χ0) is 18.7. The summed E-state index contributed by atoms with van der Waals surface area (Å²) in [5.41, 5.74) is 1.57. The summed E-state index contributed by atoms with van der Waals surface area (Å²) in [6, 6.07) is 7.99. The van der Waals surface area contributed by atoms with Gasteiger partial charge in [-0.1, -0.05) is 26.0 Å². The summed E-state index contributed by atoms with van der Waals surface area (Å²) in [5.74, 6) is -0.0684. The van der Waals surface area contributed by atoms with E-state index in [-0.39, 0.29) is 29.6 Å². The van der Waals surface area contributed by atoms with Crippen LogP contribution in [0.4, 0.5) is 4.39 Å². The fourth-order valence-electron chi connectivity index (χ4n) is 3.29. The number of rotatable bonds is 4. The van der Waals surface area contributed by atoms with Gasteiger partial charge in [0.05, 0.1) is 11.6 Å². The number of carbonyl (C=O) groups is 2. The fraction of sp³-hybridized carbons (Fsp3) is 0.400. The molecule has 0 spiro atoms. The second kappa shape index (κ2) is 7.99. The Bertz CT molecular complexity index is 759. The molecule has 1 atom stereocenters. The van der Waals surface area contributed by atoms with Crippen LogP contribution in [-0.2, 0) is 11.3 Å². The lowest BCUT2D eigenvalue weighted by molar-refractivity contribution is -0.134. The fourth-order valence-corrected chi connectivity index (χ4v) is 3.92. The van der Waals surface area contributed by atoms with E-state index in [0.717, 1.165) is 5.56 Å². The maximum Gasteiger partial charge on any atom is 0.254 e. The molecule has 1 saturated heterocycles. The minimum absolute atomic E-state index is 0.0201. The van der Waals surface area contributed by atoms with Crippen molar-refractivity contribution in [1.29, 1.82) is 0 Å². The number of hydrogen-bond donors (Lipinski definition) is 0. The van der Waals surface area contributed by atoms with Crippen molar-refractivity contribution in [1.82, 2.24) is 9.80 Å². The van der Waals surface area contributed by atoms with E-state index in [4.69, 9.17) is 0 Å². The van der Waals surface area contributed by atoms with Gasteiger partial charge in [-0.15, -0.1) is 0 Å². The highest BCUT2D eigenvalue weighted by molar-refractivity contribution is 7.08. The summed E-state index contributed by atoms with van der Waals surface area (Å²) in [4.78, 5) is 29.2. The molecule has 6 heteroatoms. The lowest BCUT2D eigenvalue weighted by Gasteiger charge is -2.34. The van der Waals surface area contributed by atoms with Crippen LogP contribution in [0.2, 0.25) is 0 Å². The lowest BCUT2D eigenvalue weighted by atomic mass is 10.0. The third-order valence-corrected chi connectivity index (χ3v) is 5.50. The third kappa shape index (κ3) is 4.12. The molecule has 26 heavy (non-hydrogen) atoms. The molecule has 2 heterocycles. The second-order valence-electron chi connectivity index (χ2n) is 6.97. The minimum Gasteiger partial charge on any atom is -0.336 e. The summed E-state index contributed by atoms with van der Waals surface area (Å²) < 4.78 is 13.2. The Balaban J connectivity index is 1.81. The highest BCUT2D eigenvalue weighted by atomic mass is 32.1. The Hall–Kier alpha value is -2.21. The monoisotopic (exact) mass is 374 g/mol. The van der Waals surface area contributed by atoms with Crippen LogP contribution in [0.1, 0.15) is 36.2 Å². The van der Waals surface area contributed by atoms with Gasteiger partial charge < -0.3 is 9.80 Å². The number of carbonyl (C=O) groups excluding carboxylic acids is 2. The molecule has 2 amide bonds. The zero-order valence-electron chi connectivity index (χ0n) is 15.0. The number of benzene rings is 1. The summed E-state index contributed by atoms with van der Waals surface area (Å²) in [6.07, 6.45) is 0.306. The Kier molecular flexibility index (Phi) is 5.71. The molecule has 138 valence electrons. The maximum absolute atomic E-state index is 13.2. The van der Waals surface area contributed by atoms with Crippen LogP contribution in [0, 0.1) is 11.7 Å². The molecule has 2 aromatic rings. The van der Waals surface area contributed by atoms with E-state index in [0.29, 0.717) is 31.6 Å². The molecule has 1 aromatic heterocycles. The van der Waals surface area contributed by atoms with E-state index in [1.54, 1.807) is 17.0 Å². The van der Waals surface area contributed by atoms with E-state index in [1.807, 2.05) is 21.7 Å². The standard InChI is InChI=1S/C20H23FN2O2S/c1-14(2)18-12-22(20(25)16-8-10-26-13-16)9-7-19(24)23(18)11-15-3-5-17(21)6-4-15/h3-6,8,10,13-14,18H,7,9,11-12H2,1-2H3/t18-/m1/s1. The van der Waals surface area contributed by atoms with Gasteiger partial charge in [-0.2, -0.15) is 11.3 Å². The predicted octanol–water partition coefficient (Wildman–Crippen LogP) is 3.79. The van der Waals surface area contributed by atoms with Gasteiger partial charge in [0, 0.05) is 31.4 Å². The average Bonchev–Trinajstić information content (AvgIpc) is 3.10. The van der Waals surface area contributed by atoms with Crippen LogP contribution in [0.25, 0.3) is 0 Å². The predicted molar refractivity (Wildman–Crippen MR) is 100 cm³/mol. The molecular formula is C20H23FN2O2S. The Morgan fingerprint density at radius 1 is 1.27 bits per heavy atom. The van der Waals surface area contributed by atoms with Gasteiger partial charge in [-0.3, -0.25) is 9.59 Å². The average molecular weight is 374 g/mol. The van der Waals surface area contributed by atoms with Crippen LogP contribution in [-0.4, -0.2) is 40.7 Å². The van der Waals surface area contributed by atoms with Crippen LogP contribution in [0.15, 0.2) is 41.1 Å². The van der Waals surface area contributed by atoms with Crippen molar-refractivity contribution in [2.24, 2.45) is 5.92 Å². The molecule has 0 bridgehead atoms. The van der Waals surface area contributed by atoms with Crippen molar-refractivity contribution in [2.45, 2.75) is 32.9 Å². The van der Waals surface area contributed by atoms with E-state index >= 15 is 0 Å².